The zero-order valence-corrected chi connectivity index (χ0v) is 19.6. The Bertz CT molecular complexity index is 1140. The van der Waals surface area contributed by atoms with Crippen molar-refractivity contribution in [3.63, 3.8) is 0 Å². The summed E-state index contributed by atoms with van der Waals surface area (Å²) >= 11 is 2.08. The van der Waals surface area contributed by atoms with Crippen molar-refractivity contribution in [3.05, 3.63) is 65.2 Å². The third-order valence-corrected chi connectivity index (χ3v) is 6.45. The van der Waals surface area contributed by atoms with E-state index in [0.29, 0.717) is 9.90 Å². The maximum Gasteiger partial charge on any atom is 0.418 e. The highest BCUT2D eigenvalue weighted by Gasteiger charge is 2.33. The van der Waals surface area contributed by atoms with E-state index in [2.05, 4.69) is 41.6 Å². The molecular weight excluding hydrogens is 473 g/mol. The Hall–Kier alpha value is -2.92. The van der Waals surface area contributed by atoms with Crippen LogP contribution in [0.1, 0.15) is 42.3 Å². The van der Waals surface area contributed by atoms with E-state index in [1.54, 1.807) is 12.1 Å². The number of rotatable bonds is 6. The van der Waals surface area contributed by atoms with Crippen molar-refractivity contribution in [2.24, 2.45) is 0 Å². The second-order valence-electron chi connectivity index (χ2n) is 8.03. The largest absolute Gasteiger partial charge is 0.418 e. The molecule has 0 bridgehead atoms. The van der Waals surface area contributed by atoms with E-state index in [-0.39, 0.29) is 27.9 Å². The first-order chi connectivity index (χ1) is 15.4. The lowest BCUT2D eigenvalue weighted by atomic mass is 9.87. The van der Waals surface area contributed by atoms with Crippen LogP contribution in [0.2, 0.25) is 0 Å². The third kappa shape index (κ3) is 6.78. The van der Waals surface area contributed by atoms with Crippen LogP contribution in [0, 0.1) is 0 Å². The second-order valence-corrected chi connectivity index (χ2v) is 10.2. The first-order valence-electron chi connectivity index (χ1n) is 9.78. The van der Waals surface area contributed by atoms with Crippen LogP contribution in [-0.4, -0.2) is 27.8 Å². The fourth-order valence-corrected chi connectivity index (χ4v) is 4.31. The van der Waals surface area contributed by atoms with Crippen molar-refractivity contribution in [2.75, 3.05) is 16.4 Å². The van der Waals surface area contributed by atoms with Crippen molar-refractivity contribution in [3.8, 4) is 0 Å². The number of hydrogen-bond donors (Lipinski definition) is 2. The van der Waals surface area contributed by atoms with Gasteiger partial charge in [-0.15, -0.1) is 10.2 Å². The van der Waals surface area contributed by atoms with Gasteiger partial charge < -0.3 is 5.32 Å². The molecule has 0 spiro atoms. The topological polar surface area (TPSA) is 84.0 Å². The number of carbonyl (C=O) groups is 2. The normalized spacial score (nSPS) is 11.8. The summed E-state index contributed by atoms with van der Waals surface area (Å²) in [5.41, 5.74) is 0.319. The molecule has 3 rings (SSSR count). The number of para-hydroxylation sites is 1. The van der Waals surface area contributed by atoms with Crippen molar-refractivity contribution in [1.82, 2.24) is 10.2 Å². The van der Waals surface area contributed by atoms with Crippen LogP contribution in [0.15, 0.2) is 52.9 Å². The summed E-state index contributed by atoms with van der Waals surface area (Å²) in [4.78, 5) is 24.6. The molecule has 2 amide bonds. The van der Waals surface area contributed by atoms with Gasteiger partial charge in [-0.1, -0.05) is 68.1 Å². The lowest BCUT2D eigenvalue weighted by Crippen LogP contribution is -2.18. The van der Waals surface area contributed by atoms with Crippen LogP contribution in [0.5, 0.6) is 0 Å². The molecule has 1 aromatic heterocycles. The number of thioether (sulfide) groups is 1. The summed E-state index contributed by atoms with van der Waals surface area (Å²) in [6, 6.07) is 12.0. The number of benzene rings is 2. The molecule has 3 aromatic rings. The van der Waals surface area contributed by atoms with Gasteiger partial charge in [0.2, 0.25) is 11.0 Å². The molecule has 11 heteroatoms. The minimum atomic E-state index is -4.57. The Morgan fingerprint density at radius 3 is 2.27 bits per heavy atom. The Morgan fingerprint density at radius 2 is 1.64 bits per heavy atom. The van der Waals surface area contributed by atoms with E-state index in [1.165, 1.54) is 18.2 Å². The van der Waals surface area contributed by atoms with Crippen LogP contribution in [0.4, 0.5) is 24.0 Å². The van der Waals surface area contributed by atoms with Gasteiger partial charge in [0.15, 0.2) is 4.34 Å². The molecule has 2 aromatic carbocycles. The second kappa shape index (κ2) is 9.92. The Labute approximate surface area is 197 Å². The number of alkyl halides is 3. The molecule has 0 saturated carbocycles. The van der Waals surface area contributed by atoms with E-state index in [1.807, 2.05) is 12.1 Å². The first-order valence-corrected chi connectivity index (χ1v) is 11.6. The van der Waals surface area contributed by atoms with Gasteiger partial charge in [-0.3, -0.25) is 14.9 Å². The minimum absolute atomic E-state index is 0.0263. The predicted octanol–water partition coefficient (Wildman–Crippen LogP) is 5.84. The number of aromatic nitrogens is 2. The van der Waals surface area contributed by atoms with E-state index in [0.717, 1.165) is 34.7 Å². The van der Waals surface area contributed by atoms with E-state index in [4.69, 9.17) is 0 Å². The van der Waals surface area contributed by atoms with Crippen molar-refractivity contribution in [2.45, 2.75) is 36.7 Å². The van der Waals surface area contributed by atoms with Crippen LogP contribution in [0.25, 0.3) is 0 Å². The number of amides is 2. The maximum absolute atomic E-state index is 13.0. The van der Waals surface area contributed by atoms with Gasteiger partial charge >= 0.3 is 6.18 Å². The van der Waals surface area contributed by atoms with Crippen molar-refractivity contribution >= 4 is 45.7 Å². The van der Waals surface area contributed by atoms with Gasteiger partial charge in [0.1, 0.15) is 0 Å². The molecule has 33 heavy (non-hydrogen) atoms. The molecule has 2 N–H and O–H groups in total. The number of nitrogens with one attached hydrogen (secondary N) is 2. The molecule has 0 unspecified atom stereocenters. The van der Waals surface area contributed by atoms with Crippen LogP contribution in [-0.2, 0) is 16.4 Å². The number of hydrogen-bond acceptors (Lipinski definition) is 6. The number of anilines is 2. The van der Waals surface area contributed by atoms with Gasteiger partial charge in [-0.2, -0.15) is 13.2 Å². The Morgan fingerprint density at radius 1 is 0.970 bits per heavy atom. The highest BCUT2D eigenvalue weighted by Crippen LogP contribution is 2.35. The fraction of sp³-hybridized carbons (Fsp3) is 0.273. The van der Waals surface area contributed by atoms with E-state index in [9.17, 15) is 22.8 Å². The lowest BCUT2D eigenvalue weighted by Gasteiger charge is -2.18. The summed E-state index contributed by atoms with van der Waals surface area (Å²) in [5, 5.41) is 13.0. The molecule has 0 saturated heterocycles. The summed E-state index contributed by atoms with van der Waals surface area (Å²) in [6.07, 6.45) is -4.57. The predicted molar refractivity (Wildman–Crippen MR) is 124 cm³/mol. The fourth-order valence-electron chi connectivity index (χ4n) is 2.76. The number of nitrogens with zero attached hydrogens (tertiary/aromatic N) is 2. The maximum atomic E-state index is 13.0. The smallest absolute Gasteiger partial charge is 0.325 e. The van der Waals surface area contributed by atoms with Crippen LogP contribution < -0.4 is 10.6 Å². The molecule has 0 aliphatic carbocycles. The molecule has 0 aliphatic heterocycles. The van der Waals surface area contributed by atoms with Gasteiger partial charge in [0.25, 0.3) is 5.91 Å². The summed E-state index contributed by atoms with van der Waals surface area (Å²) in [6.45, 7) is 6.24. The molecule has 0 atom stereocenters. The van der Waals surface area contributed by atoms with Gasteiger partial charge in [-0.25, -0.2) is 0 Å². The summed E-state index contributed by atoms with van der Waals surface area (Å²) in [5.74, 6) is -1.12. The van der Waals surface area contributed by atoms with Gasteiger partial charge in [0.05, 0.1) is 17.0 Å². The highest BCUT2D eigenvalue weighted by atomic mass is 32.2. The van der Waals surface area contributed by atoms with E-state index < -0.39 is 17.6 Å². The lowest BCUT2D eigenvalue weighted by molar-refractivity contribution is -0.137. The molecular formula is C22H21F3N4O2S2. The van der Waals surface area contributed by atoms with Crippen molar-refractivity contribution < 1.29 is 22.8 Å². The Kier molecular flexibility index (Phi) is 7.43. The molecule has 174 valence electrons. The third-order valence-electron chi connectivity index (χ3n) is 4.47. The van der Waals surface area contributed by atoms with Crippen molar-refractivity contribution in [1.29, 1.82) is 0 Å². The Balaban J connectivity index is 1.55. The molecule has 0 aliphatic rings. The quantitative estimate of drug-likeness (QED) is 0.332. The van der Waals surface area contributed by atoms with Gasteiger partial charge in [-0.05, 0) is 35.2 Å². The average Bonchev–Trinajstić information content (AvgIpc) is 3.18. The minimum Gasteiger partial charge on any atom is -0.325 e. The van der Waals surface area contributed by atoms with Crippen LogP contribution in [0.3, 0.4) is 0 Å². The monoisotopic (exact) mass is 494 g/mol. The van der Waals surface area contributed by atoms with Gasteiger partial charge in [0, 0.05) is 5.56 Å². The zero-order valence-electron chi connectivity index (χ0n) is 18.0. The molecule has 1 heterocycles. The van der Waals surface area contributed by atoms with Crippen LogP contribution >= 0.6 is 23.1 Å². The molecule has 0 radical (unpaired) electrons. The highest BCUT2D eigenvalue weighted by molar-refractivity contribution is 8.01. The standard InChI is InChI=1S/C22H21F3N4O2S2/c1-21(2,3)14-10-8-13(9-11-14)18(31)27-19-28-29-20(33-19)32-12-17(30)26-16-7-5-4-6-15(16)22(23,24)25/h4-11H,12H2,1-3H3,(H,26,30)(H,27,28,31). The van der Waals surface area contributed by atoms with E-state index >= 15 is 0 Å². The number of carbonyl (C=O) groups excluding carboxylic acids is 2. The first kappa shape index (κ1) is 24.7. The molecule has 0 fully saturated rings. The summed E-state index contributed by atoms with van der Waals surface area (Å²) < 4.78 is 39.5. The SMILES string of the molecule is CC(C)(C)c1ccc(C(=O)Nc2nnc(SCC(=O)Nc3ccccc3C(F)(F)F)s2)cc1. The summed E-state index contributed by atoms with van der Waals surface area (Å²) in [7, 11) is 0. The molecule has 6 nitrogen and oxygen atoms in total. The number of halogens is 3. The average molecular weight is 495 g/mol. The zero-order chi connectivity index (χ0) is 24.2.